The summed E-state index contributed by atoms with van der Waals surface area (Å²) in [5.74, 6) is -0.177. The number of aliphatic imine (C=N–C) groups is 1. The lowest BCUT2D eigenvalue weighted by Crippen LogP contribution is -2.12. The molecule has 0 spiro atoms. The minimum absolute atomic E-state index is 0.0952. The molecule has 26 heavy (non-hydrogen) atoms. The molecule has 8 nitrogen and oxygen atoms in total. The van der Waals surface area contributed by atoms with Gasteiger partial charge in [0, 0.05) is 24.4 Å². The summed E-state index contributed by atoms with van der Waals surface area (Å²) < 4.78 is 4.69. The Morgan fingerprint density at radius 3 is 2.58 bits per heavy atom. The molecule has 3 N–H and O–H groups in total. The molecule has 0 unspecified atom stereocenters. The van der Waals surface area contributed by atoms with Gasteiger partial charge >= 0.3 is 5.97 Å². The fourth-order valence-corrected chi connectivity index (χ4v) is 2.22. The molecule has 0 aliphatic heterocycles. The zero-order valence-electron chi connectivity index (χ0n) is 13.9. The monoisotopic (exact) mass is 376 g/mol. The molecule has 0 saturated heterocycles. The Kier molecular flexibility index (Phi) is 6.51. The van der Waals surface area contributed by atoms with Crippen molar-refractivity contribution in [2.45, 2.75) is 6.54 Å². The number of rotatable bonds is 7. The molecule has 9 heteroatoms. The molecule has 0 bridgehead atoms. The number of amidine groups is 1. The third kappa shape index (κ3) is 4.93. The van der Waals surface area contributed by atoms with Crippen LogP contribution in [0, 0.1) is 10.1 Å². The Morgan fingerprint density at radius 1 is 1.31 bits per heavy atom. The van der Waals surface area contributed by atoms with Crippen molar-refractivity contribution < 1.29 is 14.5 Å². The van der Waals surface area contributed by atoms with Crippen molar-refractivity contribution in [2.75, 3.05) is 18.3 Å². The summed E-state index contributed by atoms with van der Waals surface area (Å²) in [5, 5.41) is 14.0. The quantitative estimate of drug-likeness (QED) is 0.191. The number of carbonyl (C=O) groups excluding carboxylic acids is 1. The van der Waals surface area contributed by atoms with Gasteiger partial charge in [-0.3, -0.25) is 10.1 Å². The number of non-ortho nitro benzene ring substituents is 1. The van der Waals surface area contributed by atoms with E-state index in [0.29, 0.717) is 23.8 Å². The van der Waals surface area contributed by atoms with E-state index in [2.05, 4.69) is 15.0 Å². The number of alkyl halides is 1. The second-order valence-electron chi connectivity index (χ2n) is 5.24. The van der Waals surface area contributed by atoms with Crippen molar-refractivity contribution in [3.8, 4) is 0 Å². The second kappa shape index (κ2) is 8.82. The van der Waals surface area contributed by atoms with E-state index in [0.717, 1.165) is 5.56 Å². The number of carbonyl (C=O) groups is 1. The van der Waals surface area contributed by atoms with Gasteiger partial charge in [0.15, 0.2) is 0 Å². The standard InChI is InChI=1S/C17H17ClN4O4/c1-26-17(23)14-8-13(22(24)25)6-7-15(14)20-10-11-2-4-12(5-3-11)21-16(19)9-18/h2-8,20H,9-10H2,1H3,(H2,19,21). The molecule has 2 aromatic carbocycles. The number of hydrogen-bond acceptors (Lipinski definition) is 6. The van der Waals surface area contributed by atoms with Gasteiger partial charge in [0.05, 0.1) is 29.2 Å². The number of esters is 1. The van der Waals surface area contributed by atoms with Gasteiger partial charge < -0.3 is 15.8 Å². The second-order valence-corrected chi connectivity index (χ2v) is 5.50. The largest absolute Gasteiger partial charge is 0.465 e. The number of nitrogens with two attached hydrogens (primary N) is 1. The fraction of sp³-hybridized carbons (Fsp3) is 0.176. The first-order valence-electron chi connectivity index (χ1n) is 7.53. The topological polar surface area (TPSA) is 120 Å². The van der Waals surface area contributed by atoms with E-state index in [1.165, 1.54) is 25.3 Å². The number of methoxy groups -OCH3 is 1. The first-order chi connectivity index (χ1) is 12.4. The minimum atomic E-state index is -0.655. The number of nitrogens with zero attached hydrogens (tertiary/aromatic N) is 2. The van der Waals surface area contributed by atoms with E-state index in [-0.39, 0.29) is 17.1 Å². The van der Waals surface area contributed by atoms with Crippen LogP contribution in [-0.4, -0.2) is 29.7 Å². The number of nitro benzene ring substituents is 1. The number of nitro groups is 1. The van der Waals surface area contributed by atoms with E-state index in [4.69, 9.17) is 17.3 Å². The average Bonchev–Trinajstić information content (AvgIpc) is 2.66. The van der Waals surface area contributed by atoms with Crippen LogP contribution in [0.2, 0.25) is 0 Å². The van der Waals surface area contributed by atoms with Gasteiger partial charge in [0.2, 0.25) is 0 Å². The maximum Gasteiger partial charge on any atom is 0.340 e. The Hall–Kier alpha value is -3.13. The third-order valence-electron chi connectivity index (χ3n) is 3.45. The van der Waals surface area contributed by atoms with Crippen LogP contribution in [0.4, 0.5) is 17.1 Å². The van der Waals surface area contributed by atoms with Gasteiger partial charge in [-0.1, -0.05) is 12.1 Å². The molecular formula is C17H17ClN4O4. The van der Waals surface area contributed by atoms with Crippen molar-refractivity contribution in [1.82, 2.24) is 0 Å². The molecule has 0 aliphatic carbocycles. The zero-order chi connectivity index (χ0) is 19.1. The maximum atomic E-state index is 11.9. The summed E-state index contributed by atoms with van der Waals surface area (Å²) >= 11 is 5.59. The smallest absolute Gasteiger partial charge is 0.340 e. The number of ether oxygens (including phenoxy) is 1. The lowest BCUT2D eigenvalue weighted by molar-refractivity contribution is -0.384. The lowest BCUT2D eigenvalue weighted by Gasteiger charge is -2.11. The van der Waals surface area contributed by atoms with E-state index in [9.17, 15) is 14.9 Å². The van der Waals surface area contributed by atoms with Crippen LogP contribution in [0.5, 0.6) is 0 Å². The van der Waals surface area contributed by atoms with Crippen LogP contribution >= 0.6 is 11.6 Å². The van der Waals surface area contributed by atoms with Crippen molar-refractivity contribution in [2.24, 2.45) is 10.7 Å². The van der Waals surface area contributed by atoms with Gasteiger partial charge in [-0.05, 0) is 23.8 Å². The van der Waals surface area contributed by atoms with Crippen LogP contribution < -0.4 is 11.1 Å². The van der Waals surface area contributed by atoms with Gasteiger partial charge in [0.25, 0.3) is 5.69 Å². The highest BCUT2D eigenvalue weighted by molar-refractivity contribution is 6.28. The lowest BCUT2D eigenvalue weighted by atomic mass is 10.1. The Bertz CT molecular complexity index is 837. The van der Waals surface area contributed by atoms with E-state index in [1.807, 2.05) is 12.1 Å². The Morgan fingerprint density at radius 2 is 2.00 bits per heavy atom. The Balaban J connectivity index is 2.16. The van der Waals surface area contributed by atoms with E-state index in [1.54, 1.807) is 12.1 Å². The Labute approximate surface area is 154 Å². The molecule has 0 amide bonds. The minimum Gasteiger partial charge on any atom is -0.465 e. The highest BCUT2D eigenvalue weighted by atomic mass is 35.5. The summed E-state index contributed by atoms with van der Waals surface area (Å²) in [6.45, 7) is 0.400. The van der Waals surface area contributed by atoms with Gasteiger partial charge in [-0.25, -0.2) is 9.79 Å². The molecule has 136 valence electrons. The summed E-state index contributed by atoms with van der Waals surface area (Å²) in [4.78, 5) is 26.3. The van der Waals surface area contributed by atoms with Crippen LogP contribution in [0.15, 0.2) is 47.5 Å². The molecule has 0 aromatic heterocycles. The normalized spacial score (nSPS) is 11.1. The SMILES string of the molecule is COC(=O)c1cc([N+](=O)[O-])ccc1NCc1ccc(N=C(N)CCl)cc1. The molecule has 0 aliphatic rings. The number of hydrogen-bond donors (Lipinski definition) is 2. The van der Waals surface area contributed by atoms with Crippen LogP contribution in [-0.2, 0) is 11.3 Å². The zero-order valence-corrected chi connectivity index (χ0v) is 14.7. The molecule has 0 saturated carbocycles. The van der Waals surface area contributed by atoms with Crippen molar-refractivity contribution in [1.29, 1.82) is 0 Å². The van der Waals surface area contributed by atoms with E-state index < -0.39 is 10.9 Å². The predicted octanol–water partition coefficient (Wildman–Crippen LogP) is 3.22. The fourth-order valence-electron chi connectivity index (χ4n) is 2.16. The summed E-state index contributed by atoms with van der Waals surface area (Å²) in [7, 11) is 1.22. The van der Waals surface area contributed by atoms with Crippen molar-refractivity contribution in [3.63, 3.8) is 0 Å². The summed E-state index contributed by atoms with van der Waals surface area (Å²) in [6, 6.07) is 11.2. The van der Waals surface area contributed by atoms with Crippen LogP contribution in [0.1, 0.15) is 15.9 Å². The van der Waals surface area contributed by atoms with Crippen LogP contribution in [0.3, 0.4) is 0 Å². The van der Waals surface area contributed by atoms with E-state index >= 15 is 0 Å². The summed E-state index contributed by atoms with van der Waals surface area (Å²) in [5.41, 5.74) is 7.53. The first-order valence-corrected chi connectivity index (χ1v) is 8.06. The molecule has 0 radical (unpaired) electrons. The number of anilines is 1. The van der Waals surface area contributed by atoms with Crippen LogP contribution in [0.25, 0.3) is 0 Å². The summed E-state index contributed by atoms with van der Waals surface area (Å²) in [6.07, 6.45) is 0. The third-order valence-corrected chi connectivity index (χ3v) is 3.72. The van der Waals surface area contributed by atoms with Crippen molar-refractivity contribution in [3.05, 3.63) is 63.7 Å². The van der Waals surface area contributed by atoms with Gasteiger partial charge in [-0.2, -0.15) is 0 Å². The maximum absolute atomic E-state index is 11.9. The number of nitrogens with one attached hydrogen (secondary N) is 1. The van der Waals surface area contributed by atoms with Crippen molar-refractivity contribution >= 4 is 40.5 Å². The van der Waals surface area contributed by atoms with Gasteiger partial charge in [-0.15, -0.1) is 11.6 Å². The average molecular weight is 377 g/mol. The number of halogens is 1. The first kappa shape index (κ1) is 19.2. The highest BCUT2D eigenvalue weighted by Crippen LogP contribution is 2.24. The highest BCUT2D eigenvalue weighted by Gasteiger charge is 2.17. The van der Waals surface area contributed by atoms with Gasteiger partial charge in [0.1, 0.15) is 5.84 Å². The molecule has 0 atom stereocenters. The molecule has 2 rings (SSSR count). The molecule has 2 aromatic rings. The molecular weight excluding hydrogens is 360 g/mol. The number of benzene rings is 2. The molecule has 0 heterocycles. The molecule has 0 fully saturated rings. The predicted molar refractivity (Wildman–Crippen MR) is 100 cm³/mol.